The second-order valence-corrected chi connectivity index (χ2v) is 10.6. The molecule has 8 nitrogen and oxygen atoms in total. The van der Waals surface area contributed by atoms with Gasteiger partial charge in [0.2, 0.25) is 5.51 Å². The minimum absolute atomic E-state index is 0.114. The zero-order chi connectivity index (χ0) is 27.5. The van der Waals surface area contributed by atoms with Crippen LogP contribution in [0.5, 0.6) is 0 Å². The van der Waals surface area contributed by atoms with E-state index in [1.807, 2.05) is 21.7 Å². The Morgan fingerprint density at radius 3 is 1.89 bits per heavy atom. The fourth-order valence-corrected chi connectivity index (χ4v) is 4.75. The normalized spacial score (nSPS) is 11.7. The van der Waals surface area contributed by atoms with Crippen LogP contribution in [0.15, 0.2) is 17.1 Å². The van der Waals surface area contributed by atoms with Gasteiger partial charge in [0.1, 0.15) is 6.61 Å². The van der Waals surface area contributed by atoms with Crippen LogP contribution in [-0.2, 0) is 25.5 Å². The molecular weight excluding hydrogens is 504 g/mol. The smallest absolute Gasteiger partial charge is 0.440 e. The summed E-state index contributed by atoms with van der Waals surface area (Å²) in [5.74, 6) is 0. The van der Waals surface area contributed by atoms with Crippen LogP contribution in [0, 0.1) is 0 Å². The molecule has 0 aliphatic heterocycles. The summed E-state index contributed by atoms with van der Waals surface area (Å²) in [5, 5.41) is 4.35. The number of nitrogens with zero attached hydrogens (tertiary/aromatic N) is 1. The molecular formula is C29H53N2O6S+. The molecule has 0 spiro atoms. The van der Waals surface area contributed by atoms with Crippen molar-refractivity contribution in [2.24, 2.45) is 0 Å². The minimum Gasteiger partial charge on any atom is -0.440 e. The number of rotatable bonds is 25. The Bertz CT molecular complexity index is 674. The lowest BCUT2D eigenvalue weighted by atomic mass is 10.0. The van der Waals surface area contributed by atoms with Crippen molar-refractivity contribution < 1.29 is 33.1 Å². The maximum absolute atomic E-state index is 11.8. The Hall–Kier alpha value is -1.87. The quantitative estimate of drug-likeness (QED) is 0.0778. The molecule has 1 rings (SSSR count). The Labute approximate surface area is 234 Å². The maximum atomic E-state index is 11.8. The molecule has 1 aromatic heterocycles. The van der Waals surface area contributed by atoms with E-state index in [9.17, 15) is 9.59 Å². The highest BCUT2D eigenvalue weighted by molar-refractivity contribution is 7.07. The number of unbranched alkanes of at least 4 members (excludes halogenated alkanes) is 15. The predicted octanol–water partition coefficient (Wildman–Crippen LogP) is 7.19. The average molecular weight is 558 g/mol. The van der Waals surface area contributed by atoms with Gasteiger partial charge in [0.15, 0.2) is 25.5 Å². The zero-order valence-corrected chi connectivity index (χ0v) is 24.8. The van der Waals surface area contributed by atoms with Crippen LogP contribution in [0.2, 0.25) is 0 Å². The number of hydrogen-bond acceptors (Lipinski definition) is 7. The third-order valence-electron chi connectivity index (χ3n) is 6.41. The number of carbonyl (C=O) groups is 2. The summed E-state index contributed by atoms with van der Waals surface area (Å²) in [4.78, 5) is 23.4. The summed E-state index contributed by atoms with van der Waals surface area (Å²) >= 11 is 1.56. The fraction of sp³-hybridized carbons (Fsp3) is 0.828. The number of ether oxygens (including phenoxy) is 4. The van der Waals surface area contributed by atoms with Crippen molar-refractivity contribution >= 4 is 23.6 Å². The Morgan fingerprint density at radius 2 is 1.37 bits per heavy atom. The Kier molecular flexibility index (Phi) is 22.8. The number of amides is 1. The largest absolute Gasteiger partial charge is 0.508 e. The molecule has 0 aromatic carbocycles. The van der Waals surface area contributed by atoms with Crippen LogP contribution in [-0.4, -0.2) is 51.8 Å². The van der Waals surface area contributed by atoms with Gasteiger partial charge in [0, 0.05) is 13.7 Å². The fourth-order valence-electron chi connectivity index (χ4n) is 4.12. The second kappa shape index (κ2) is 25.4. The first kappa shape index (κ1) is 34.2. The molecule has 38 heavy (non-hydrogen) atoms. The van der Waals surface area contributed by atoms with Crippen molar-refractivity contribution in [3.05, 3.63) is 17.1 Å². The summed E-state index contributed by atoms with van der Waals surface area (Å²) in [6.07, 6.45) is 21.1. The number of aromatic nitrogens is 1. The van der Waals surface area contributed by atoms with Crippen LogP contribution in [0.1, 0.15) is 110 Å². The van der Waals surface area contributed by atoms with E-state index in [-0.39, 0.29) is 19.8 Å². The molecule has 1 aromatic rings. The first-order valence-corrected chi connectivity index (χ1v) is 15.8. The molecule has 1 heterocycles. The minimum atomic E-state index is -0.788. The second-order valence-electron chi connectivity index (χ2n) is 9.83. The van der Waals surface area contributed by atoms with E-state index in [2.05, 4.69) is 12.2 Å². The highest BCUT2D eigenvalue weighted by atomic mass is 32.1. The standard InChI is InChI=1S/C29H52N2O6S/c1-3-4-5-6-7-8-9-10-11-12-13-14-15-16-17-18-21-34-24-27(37-28(32)30-2)25-36-29(33)35-22-19-31-20-23-38-26-31/h20,23,26-27H,3-19,21-22,24-25H2,1-2H3/p+1. The van der Waals surface area contributed by atoms with Gasteiger partial charge >= 0.3 is 12.2 Å². The first-order valence-electron chi connectivity index (χ1n) is 14.8. The van der Waals surface area contributed by atoms with Gasteiger partial charge in [-0.25, -0.2) is 9.59 Å². The molecule has 0 saturated carbocycles. The molecule has 220 valence electrons. The van der Waals surface area contributed by atoms with Crippen LogP contribution < -0.4 is 9.88 Å². The highest BCUT2D eigenvalue weighted by Crippen LogP contribution is 2.13. The number of thiazole rings is 1. The van der Waals surface area contributed by atoms with Gasteiger partial charge < -0.3 is 24.3 Å². The molecule has 9 heteroatoms. The van der Waals surface area contributed by atoms with Crippen LogP contribution in [0.25, 0.3) is 0 Å². The molecule has 1 N–H and O–H groups in total. The van der Waals surface area contributed by atoms with Crippen molar-refractivity contribution in [1.29, 1.82) is 0 Å². The topological polar surface area (TPSA) is 87.0 Å². The van der Waals surface area contributed by atoms with E-state index in [1.54, 1.807) is 11.3 Å². The number of nitrogens with one attached hydrogen (secondary N) is 1. The summed E-state index contributed by atoms with van der Waals surface area (Å²) in [5.41, 5.74) is 1.93. The van der Waals surface area contributed by atoms with Gasteiger partial charge in [-0.3, -0.25) is 0 Å². The first-order chi connectivity index (χ1) is 18.7. The van der Waals surface area contributed by atoms with Gasteiger partial charge in [-0.05, 0) is 6.42 Å². The highest BCUT2D eigenvalue weighted by Gasteiger charge is 2.18. The van der Waals surface area contributed by atoms with Crippen molar-refractivity contribution in [3.63, 3.8) is 0 Å². The Balaban J connectivity index is 1.96. The van der Waals surface area contributed by atoms with E-state index < -0.39 is 18.4 Å². The SMILES string of the molecule is CCCCCCCCCCCCCCCCCCOCC(COC(=O)OCC[n+]1ccsc1)OC(=O)NC. The van der Waals surface area contributed by atoms with Crippen LogP contribution >= 0.6 is 11.3 Å². The summed E-state index contributed by atoms with van der Waals surface area (Å²) < 4.78 is 23.0. The molecule has 1 amide bonds. The molecule has 1 atom stereocenters. The van der Waals surface area contributed by atoms with Crippen molar-refractivity contribution in [2.45, 2.75) is 122 Å². The summed E-state index contributed by atoms with van der Waals surface area (Å²) in [7, 11) is 1.48. The maximum Gasteiger partial charge on any atom is 0.508 e. The molecule has 0 saturated heterocycles. The van der Waals surface area contributed by atoms with Gasteiger partial charge in [-0.15, -0.1) is 0 Å². The summed E-state index contributed by atoms with van der Waals surface area (Å²) in [6.45, 7) is 3.68. The molecule has 0 bridgehead atoms. The molecule has 0 radical (unpaired) electrons. The van der Waals surface area contributed by atoms with Gasteiger partial charge in [0.25, 0.3) is 0 Å². The van der Waals surface area contributed by atoms with E-state index in [1.165, 1.54) is 96.9 Å². The zero-order valence-electron chi connectivity index (χ0n) is 24.0. The van der Waals surface area contributed by atoms with Crippen molar-refractivity contribution in [3.8, 4) is 0 Å². The van der Waals surface area contributed by atoms with Gasteiger partial charge in [0.05, 0.1) is 12.0 Å². The number of carbonyl (C=O) groups excluding carboxylic acids is 2. The van der Waals surface area contributed by atoms with Crippen molar-refractivity contribution in [1.82, 2.24) is 5.32 Å². The lowest BCUT2D eigenvalue weighted by Gasteiger charge is -2.17. The van der Waals surface area contributed by atoms with Crippen molar-refractivity contribution in [2.75, 3.05) is 33.5 Å². The number of hydrogen-bond donors (Lipinski definition) is 1. The molecule has 0 aliphatic rings. The third kappa shape index (κ3) is 21.1. The van der Waals surface area contributed by atoms with Gasteiger partial charge in [-0.1, -0.05) is 115 Å². The average Bonchev–Trinajstić information content (AvgIpc) is 3.44. The van der Waals surface area contributed by atoms with E-state index in [4.69, 9.17) is 18.9 Å². The predicted molar refractivity (Wildman–Crippen MR) is 152 cm³/mol. The summed E-state index contributed by atoms with van der Waals surface area (Å²) in [6, 6.07) is 0. The molecule has 0 fully saturated rings. The Morgan fingerprint density at radius 1 is 0.789 bits per heavy atom. The van der Waals surface area contributed by atoms with Crippen LogP contribution in [0.4, 0.5) is 9.59 Å². The lowest BCUT2D eigenvalue weighted by molar-refractivity contribution is -0.693. The lowest BCUT2D eigenvalue weighted by Crippen LogP contribution is -2.35. The monoisotopic (exact) mass is 557 g/mol. The van der Waals surface area contributed by atoms with Gasteiger partial charge in [-0.2, -0.15) is 4.57 Å². The number of alkyl carbamates (subject to hydrolysis) is 1. The molecule has 1 unspecified atom stereocenters. The van der Waals surface area contributed by atoms with Crippen LogP contribution in [0.3, 0.4) is 0 Å². The van der Waals surface area contributed by atoms with E-state index in [0.29, 0.717) is 13.2 Å². The third-order valence-corrected chi connectivity index (χ3v) is 7.08. The molecule has 0 aliphatic carbocycles. The van der Waals surface area contributed by atoms with E-state index >= 15 is 0 Å². The van der Waals surface area contributed by atoms with E-state index in [0.717, 1.165) is 12.8 Å².